The average Bonchev–Trinajstić information content (AvgIpc) is 3.15. The maximum atomic E-state index is 13.5. The maximum absolute atomic E-state index is 13.5. The molecule has 0 bridgehead atoms. The van der Waals surface area contributed by atoms with E-state index in [2.05, 4.69) is 41.9 Å². The van der Waals surface area contributed by atoms with Crippen LogP contribution in [0.25, 0.3) is 0 Å². The molecule has 1 amide bonds. The number of hydrogen-bond donors (Lipinski definition) is 0. The highest BCUT2D eigenvalue weighted by molar-refractivity contribution is 5.96. The molecule has 0 spiro atoms. The van der Waals surface area contributed by atoms with Gasteiger partial charge >= 0.3 is 0 Å². The number of fused-ring (bicyclic) bond motifs is 2. The van der Waals surface area contributed by atoms with Crippen LogP contribution in [0.15, 0.2) is 65.4 Å². The number of hydrogen-bond acceptors (Lipinski definition) is 5. The number of likely N-dealkylation sites (N-methyl/N-ethyl adjacent to an activating group) is 1. The van der Waals surface area contributed by atoms with Crippen molar-refractivity contribution in [1.82, 2.24) is 19.8 Å². The van der Waals surface area contributed by atoms with Gasteiger partial charge in [0.05, 0.1) is 25.0 Å². The van der Waals surface area contributed by atoms with Crippen LogP contribution in [0.4, 0.5) is 0 Å². The second-order valence-electron chi connectivity index (χ2n) is 7.17. The van der Waals surface area contributed by atoms with Gasteiger partial charge in [-0.05, 0) is 37.5 Å². The number of rotatable bonds is 6. The fourth-order valence-corrected chi connectivity index (χ4v) is 4.00. The van der Waals surface area contributed by atoms with Gasteiger partial charge in [-0.3, -0.25) is 19.4 Å². The summed E-state index contributed by atoms with van der Waals surface area (Å²) in [5, 5.41) is 1.76. The van der Waals surface area contributed by atoms with E-state index >= 15 is 0 Å². The number of amides is 1. The van der Waals surface area contributed by atoms with E-state index in [-0.39, 0.29) is 5.91 Å². The summed E-state index contributed by atoms with van der Waals surface area (Å²) in [5.74, 6) is 1.12. The monoisotopic (exact) mass is 380 g/mol. The van der Waals surface area contributed by atoms with Crippen LogP contribution in [-0.2, 0) is 16.2 Å². The highest BCUT2D eigenvalue weighted by Gasteiger charge is 2.42. The molecule has 0 atom stereocenters. The average molecular weight is 380 g/mol. The first kappa shape index (κ1) is 18.6. The van der Waals surface area contributed by atoms with Crippen LogP contribution >= 0.6 is 0 Å². The van der Waals surface area contributed by atoms with Crippen LogP contribution in [0.3, 0.4) is 0 Å². The van der Waals surface area contributed by atoms with E-state index in [1.807, 2.05) is 36.2 Å². The van der Waals surface area contributed by atoms with Crippen molar-refractivity contribution in [2.45, 2.75) is 33.7 Å². The molecule has 148 valence electrons. The second-order valence-corrected chi connectivity index (χ2v) is 7.17. The van der Waals surface area contributed by atoms with Crippen molar-refractivity contribution in [3.8, 4) is 0 Å². The lowest BCUT2D eigenvalue weighted by Gasteiger charge is -2.44. The fourth-order valence-electron chi connectivity index (χ4n) is 4.00. The van der Waals surface area contributed by atoms with Crippen molar-refractivity contribution >= 4 is 5.91 Å². The zero-order chi connectivity index (χ0) is 19.7. The minimum Gasteiger partial charge on any atom is -0.352 e. The predicted octanol–water partition coefficient (Wildman–Crippen LogP) is 3.24. The van der Waals surface area contributed by atoms with Crippen LogP contribution in [0.2, 0.25) is 0 Å². The Hall–Kier alpha value is -2.73. The van der Waals surface area contributed by atoms with Gasteiger partial charge in [-0.15, -0.1) is 0 Å². The van der Waals surface area contributed by atoms with Gasteiger partial charge in [-0.2, -0.15) is 0 Å². The summed E-state index contributed by atoms with van der Waals surface area (Å²) in [5.41, 5.74) is 4.14. The van der Waals surface area contributed by atoms with E-state index in [0.29, 0.717) is 25.5 Å². The Bertz CT molecular complexity index is 843. The van der Waals surface area contributed by atoms with Gasteiger partial charge in [0, 0.05) is 13.1 Å². The van der Waals surface area contributed by atoms with E-state index in [1.54, 1.807) is 5.06 Å². The molecule has 0 unspecified atom stereocenters. The van der Waals surface area contributed by atoms with E-state index in [1.165, 1.54) is 5.57 Å². The van der Waals surface area contributed by atoms with Crippen LogP contribution < -0.4 is 0 Å². The summed E-state index contributed by atoms with van der Waals surface area (Å²) in [6.07, 6.45) is 5.03. The molecular formula is C22H28N4O2. The Balaban J connectivity index is 1.80. The van der Waals surface area contributed by atoms with Crippen molar-refractivity contribution in [1.29, 1.82) is 0 Å². The molecule has 1 aromatic carbocycles. The summed E-state index contributed by atoms with van der Waals surface area (Å²) in [7, 11) is 0. The predicted molar refractivity (Wildman–Crippen MR) is 108 cm³/mol. The Kier molecular flexibility index (Phi) is 5.13. The Morgan fingerprint density at radius 3 is 2.57 bits per heavy atom. The lowest BCUT2D eigenvalue weighted by molar-refractivity contribution is -0.131. The summed E-state index contributed by atoms with van der Waals surface area (Å²) >= 11 is 0. The second kappa shape index (κ2) is 7.72. The summed E-state index contributed by atoms with van der Waals surface area (Å²) in [4.78, 5) is 25.5. The highest BCUT2D eigenvalue weighted by Crippen LogP contribution is 2.38. The van der Waals surface area contributed by atoms with Crippen LogP contribution in [0, 0.1) is 0 Å². The Morgan fingerprint density at radius 2 is 1.89 bits per heavy atom. The Morgan fingerprint density at radius 1 is 1.11 bits per heavy atom. The minimum absolute atomic E-state index is 0.0227. The summed E-state index contributed by atoms with van der Waals surface area (Å²) in [6.45, 7) is 9.76. The summed E-state index contributed by atoms with van der Waals surface area (Å²) < 4.78 is 0. The molecule has 0 aliphatic carbocycles. The van der Waals surface area contributed by atoms with Crippen molar-refractivity contribution in [3.05, 3.63) is 71.0 Å². The molecule has 6 nitrogen and oxygen atoms in total. The van der Waals surface area contributed by atoms with Gasteiger partial charge in [0.2, 0.25) is 0 Å². The molecule has 28 heavy (non-hydrogen) atoms. The zero-order valence-electron chi connectivity index (χ0n) is 16.9. The first-order chi connectivity index (χ1) is 13.7. The molecule has 3 aliphatic heterocycles. The van der Waals surface area contributed by atoms with Crippen LogP contribution in [-0.4, -0.2) is 52.0 Å². The molecule has 0 saturated carbocycles. The molecule has 0 radical (unpaired) electrons. The molecule has 0 N–H and O–H groups in total. The number of carbonyl (C=O) groups excluding carboxylic acids is 1. The molecule has 0 aromatic heterocycles. The standard InChI is InChI=1S/C22H28N4O2/c1-4-17-12-19-21(23(5-2)13-17)26-16-24(28-6-3)15-20(26)22(27)25(19)14-18-10-8-7-9-11-18/h7-12,15H,4-6,13-14,16H2,1-3H3. The van der Waals surface area contributed by atoms with Gasteiger partial charge in [0.1, 0.15) is 18.2 Å². The molecule has 0 fully saturated rings. The normalized spacial score (nSPS) is 19.0. The molecule has 4 rings (SSSR count). The summed E-state index contributed by atoms with van der Waals surface area (Å²) in [6, 6.07) is 10.2. The molecule has 0 saturated heterocycles. The number of hydroxylamine groups is 2. The lowest BCUT2D eigenvalue weighted by Crippen LogP contribution is -2.49. The lowest BCUT2D eigenvalue weighted by atomic mass is 10.0. The first-order valence-corrected chi connectivity index (χ1v) is 10.1. The highest BCUT2D eigenvalue weighted by atomic mass is 16.7. The third-order valence-corrected chi connectivity index (χ3v) is 5.43. The first-order valence-electron chi connectivity index (χ1n) is 10.1. The quantitative estimate of drug-likeness (QED) is 0.758. The number of allylic oxidation sites excluding steroid dienone is 1. The van der Waals surface area contributed by atoms with Crippen molar-refractivity contribution in [3.63, 3.8) is 0 Å². The fraction of sp³-hybridized carbons (Fsp3) is 0.409. The zero-order valence-corrected chi connectivity index (χ0v) is 16.9. The van der Waals surface area contributed by atoms with Crippen molar-refractivity contribution in [2.24, 2.45) is 0 Å². The molecule has 3 aliphatic rings. The van der Waals surface area contributed by atoms with E-state index in [4.69, 9.17) is 4.84 Å². The van der Waals surface area contributed by atoms with Gasteiger partial charge in [-0.1, -0.05) is 37.3 Å². The van der Waals surface area contributed by atoms with E-state index in [9.17, 15) is 4.79 Å². The van der Waals surface area contributed by atoms with Gasteiger partial charge in [-0.25, -0.2) is 5.06 Å². The molecule has 6 heteroatoms. The largest absolute Gasteiger partial charge is 0.352 e. The van der Waals surface area contributed by atoms with Gasteiger partial charge in [0.15, 0.2) is 0 Å². The van der Waals surface area contributed by atoms with Crippen molar-refractivity contribution in [2.75, 3.05) is 26.4 Å². The van der Waals surface area contributed by atoms with E-state index < -0.39 is 0 Å². The molecular weight excluding hydrogens is 352 g/mol. The third kappa shape index (κ3) is 3.18. The van der Waals surface area contributed by atoms with E-state index in [0.717, 1.165) is 36.6 Å². The molecule has 1 aromatic rings. The van der Waals surface area contributed by atoms with Crippen LogP contribution in [0.1, 0.15) is 32.8 Å². The number of nitrogens with zero attached hydrogens (tertiary/aromatic N) is 4. The molecule has 3 heterocycles. The topological polar surface area (TPSA) is 39.3 Å². The van der Waals surface area contributed by atoms with Crippen LogP contribution in [0.5, 0.6) is 0 Å². The van der Waals surface area contributed by atoms with Crippen molar-refractivity contribution < 1.29 is 9.63 Å². The van der Waals surface area contributed by atoms with Gasteiger partial charge < -0.3 is 4.90 Å². The number of carbonyl (C=O) groups is 1. The SMILES string of the molecule is CCON1C=C2C(=O)N(Cc3ccccc3)C3=C(N(CC)CC(CC)=C3)N2C1. The third-order valence-electron chi connectivity index (χ3n) is 5.43. The number of benzene rings is 1. The smallest absolute Gasteiger partial charge is 0.277 e. The maximum Gasteiger partial charge on any atom is 0.277 e. The Labute approximate surface area is 166 Å². The van der Waals surface area contributed by atoms with Gasteiger partial charge in [0.25, 0.3) is 5.91 Å². The minimum atomic E-state index is 0.0227.